The van der Waals surface area contributed by atoms with Crippen molar-refractivity contribution in [2.24, 2.45) is 0 Å². The molecule has 19 heavy (non-hydrogen) atoms. The molecule has 0 amide bonds. The lowest BCUT2D eigenvalue weighted by atomic mass is 10.2. The summed E-state index contributed by atoms with van der Waals surface area (Å²) >= 11 is 3.39. The summed E-state index contributed by atoms with van der Waals surface area (Å²) in [6, 6.07) is 5.66. The second kappa shape index (κ2) is 5.79. The maximum absolute atomic E-state index is 11.0. The zero-order chi connectivity index (χ0) is 13.8. The van der Waals surface area contributed by atoms with Crippen molar-refractivity contribution in [1.29, 1.82) is 0 Å². The van der Waals surface area contributed by atoms with Gasteiger partial charge in [0.25, 0.3) is 0 Å². The van der Waals surface area contributed by atoms with Crippen LogP contribution in [0, 0.1) is 6.92 Å². The molecule has 1 aromatic heterocycles. The molecule has 98 valence electrons. The number of hydrogen-bond acceptors (Lipinski definition) is 4. The summed E-state index contributed by atoms with van der Waals surface area (Å²) in [7, 11) is 0. The van der Waals surface area contributed by atoms with Gasteiger partial charge in [0.15, 0.2) is 0 Å². The molecule has 0 saturated heterocycles. The number of halogens is 1. The van der Waals surface area contributed by atoms with Crippen LogP contribution in [0.4, 0.5) is 0 Å². The Balaban J connectivity index is 2.17. The molecule has 5 nitrogen and oxygen atoms in total. The fourth-order valence-corrected chi connectivity index (χ4v) is 2.13. The molecule has 0 aliphatic rings. The lowest BCUT2D eigenvalue weighted by molar-refractivity contribution is 0.0692. The fourth-order valence-electron chi connectivity index (χ4n) is 1.52. The molecular weight excluding hydrogens is 312 g/mol. The number of nitrogens with zero attached hydrogens (tertiary/aromatic N) is 2. The van der Waals surface area contributed by atoms with E-state index in [9.17, 15) is 4.79 Å². The normalized spacial score (nSPS) is 10.2. The van der Waals surface area contributed by atoms with Crippen LogP contribution in [0.5, 0.6) is 5.75 Å². The predicted molar refractivity (Wildman–Crippen MR) is 72.2 cm³/mol. The standard InChI is InChI=1S/C13H11BrN2O3/c1-8-2-3-12(10(14)4-8)19-6-11-9(13(17)18)5-15-7-16-11/h2-5,7H,6H2,1H3,(H,17,18). The molecule has 2 rings (SSSR count). The summed E-state index contributed by atoms with van der Waals surface area (Å²) in [5, 5.41) is 9.01. The lowest BCUT2D eigenvalue weighted by Gasteiger charge is -2.09. The maximum atomic E-state index is 11.0. The number of aryl methyl sites for hydroxylation is 1. The van der Waals surface area contributed by atoms with E-state index in [-0.39, 0.29) is 12.2 Å². The molecule has 0 saturated carbocycles. The van der Waals surface area contributed by atoms with Gasteiger partial charge in [0.05, 0.1) is 10.2 Å². The first kappa shape index (κ1) is 13.5. The van der Waals surface area contributed by atoms with Crippen LogP contribution in [0.25, 0.3) is 0 Å². The number of benzene rings is 1. The van der Waals surface area contributed by atoms with E-state index in [1.54, 1.807) is 0 Å². The molecule has 1 aromatic carbocycles. The van der Waals surface area contributed by atoms with Crippen molar-refractivity contribution in [3.05, 3.63) is 52.0 Å². The van der Waals surface area contributed by atoms with Crippen molar-refractivity contribution in [2.45, 2.75) is 13.5 Å². The average Bonchev–Trinajstić information content (AvgIpc) is 2.38. The molecule has 0 atom stereocenters. The van der Waals surface area contributed by atoms with Crippen LogP contribution in [0.3, 0.4) is 0 Å². The van der Waals surface area contributed by atoms with Crippen LogP contribution in [-0.4, -0.2) is 21.0 Å². The Morgan fingerprint density at radius 3 is 2.95 bits per heavy atom. The first-order valence-electron chi connectivity index (χ1n) is 5.49. The fraction of sp³-hybridized carbons (Fsp3) is 0.154. The third-order valence-electron chi connectivity index (χ3n) is 2.48. The zero-order valence-electron chi connectivity index (χ0n) is 10.1. The number of carbonyl (C=O) groups is 1. The van der Waals surface area contributed by atoms with Gasteiger partial charge in [0.2, 0.25) is 0 Å². The lowest BCUT2D eigenvalue weighted by Crippen LogP contribution is -2.08. The zero-order valence-corrected chi connectivity index (χ0v) is 11.7. The molecule has 1 heterocycles. The number of aromatic carboxylic acids is 1. The third kappa shape index (κ3) is 3.29. The Morgan fingerprint density at radius 2 is 2.26 bits per heavy atom. The minimum absolute atomic E-state index is 0.0470. The summed E-state index contributed by atoms with van der Waals surface area (Å²) in [5.74, 6) is -0.428. The highest BCUT2D eigenvalue weighted by Crippen LogP contribution is 2.26. The predicted octanol–water partition coefficient (Wildman–Crippen LogP) is 2.82. The summed E-state index contributed by atoms with van der Waals surface area (Å²) < 4.78 is 6.39. The van der Waals surface area contributed by atoms with Gasteiger partial charge < -0.3 is 9.84 Å². The van der Waals surface area contributed by atoms with Gasteiger partial charge >= 0.3 is 5.97 Å². The first-order valence-corrected chi connectivity index (χ1v) is 6.28. The highest BCUT2D eigenvalue weighted by molar-refractivity contribution is 9.10. The van der Waals surface area contributed by atoms with Crippen molar-refractivity contribution in [3.63, 3.8) is 0 Å². The molecule has 6 heteroatoms. The van der Waals surface area contributed by atoms with E-state index in [4.69, 9.17) is 9.84 Å². The number of rotatable bonds is 4. The van der Waals surface area contributed by atoms with Crippen LogP contribution in [0.2, 0.25) is 0 Å². The van der Waals surface area contributed by atoms with E-state index in [1.807, 2.05) is 25.1 Å². The van der Waals surface area contributed by atoms with E-state index in [0.717, 1.165) is 10.0 Å². The highest BCUT2D eigenvalue weighted by atomic mass is 79.9. The van der Waals surface area contributed by atoms with Crippen LogP contribution < -0.4 is 4.74 Å². The highest BCUT2D eigenvalue weighted by Gasteiger charge is 2.12. The van der Waals surface area contributed by atoms with Crippen molar-refractivity contribution in [1.82, 2.24) is 9.97 Å². The smallest absolute Gasteiger partial charge is 0.339 e. The SMILES string of the molecule is Cc1ccc(OCc2ncncc2C(=O)O)c(Br)c1. The monoisotopic (exact) mass is 322 g/mol. The number of ether oxygens (including phenoxy) is 1. The van der Waals surface area contributed by atoms with Gasteiger partial charge in [-0.2, -0.15) is 0 Å². The molecule has 0 spiro atoms. The Kier molecular flexibility index (Phi) is 4.11. The minimum atomic E-state index is -1.07. The van der Waals surface area contributed by atoms with Gasteiger partial charge in [-0.3, -0.25) is 0 Å². The number of carboxylic acids is 1. The Labute approximate surface area is 118 Å². The van der Waals surface area contributed by atoms with Crippen molar-refractivity contribution in [3.8, 4) is 5.75 Å². The van der Waals surface area contributed by atoms with Gasteiger partial charge in [0.1, 0.15) is 24.2 Å². The van der Waals surface area contributed by atoms with Crippen molar-refractivity contribution < 1.29 is 14.6 Å². The quantitative estimate of drug-likeness (QED) is 0.937. The number of aromatic nitrogens is 2. The number of hydrogen-bond donors (Lipinski definition) is 1. The summed E-state index contributed by atoms with van der Waals surface area (Å²) in [4.78, 5) is 18.6. The Bertz CT molecular complexity index is 617. The minimum Gasteiger partial charge on any atom is -0.486 e. The van der Waals surface area contributed by atoms with Crippen LogP contribution in [0.1, 0.15) is 21.6 Å². The third-order valence-corrected chi connectivity index (χ3v) is 3.10. The first-order chi connectivity index (χ1) is 9.08. The van der Waals surface area contributed by atoms with E-state index >= 15 is 0 Å². The van der Waals surface area contributed by atoms with Gasteiger partial charge in [0, 0.05) is 6.20 Å². The maximum Gasteiger partial charge on any atom is 0.339 e. The molecule has 0 fully saturated rings. The molecule has 0 radical (unpaired) electrons. The summed E-state index contributed by atoms with van der Waals surface area (Å²) in [6.07, 6.45) is 2.56. The average molecular weight is 323 g/mol. The van der Waals surface area contributed by atoms with Gasteiger partial charge in [-0.25, -0.2) is 14.8 Å². The van der Waals surface area contributed by atoms with Gasteiger partial charge in [-0.05, 0) is 40.5 Å². The van der Waals surface area contributed by atoms with Crippen LogP contribution in [0.15, 0.2) is 35.2 Å². The van der Waals surface area contributed by atoms with E-state index in [1.165, 1.54) is 12.5 Å². The molecule has 0 bridgehead atoms. The molecule has 2 aromatic rings. The summed E-state index contributed by atoms with van der Waals surface area (Å²) in [5.41, 5.74) is 1.49. The largest absolute Gasteiger partial charge is 0.486 e. The van der Waals surface area contributed by atoms with Crippen LogP contribution >= 0.6 is 15.9 Å². The van der Waals surface area contributed by atoms with Crippen LogP contribution in [-0.2, 0) is 6.61 Å². The topological polar surface area (TPSA) is 72.3 Å². The Morgan fingerprint density at radius 1 is 1.47 bits per heavy atom. The molecule has 0 unspecified atom stereocenters. The molecule has 1 N–H and O–H groups in total. The van der Waals surface area contributed by atoms with E-state index in [0.29, 0.717) is 11.4 Å². The van der Waals surface area contributed by atoms with E-state index in [2.05, 4.69) is 25.9 Å². The second-order valence-corrected chi connectivity index (χ2v) is 4.77. The molecule has 0 aliphatic carbocycles. The number of carboxylic acid groups (broad SMARTS) is 1. The second-order valence-electron chi connectivity index (χ2n) is 3.91. The van der Waals surface area contributed by atoms with Crippen molar-refractivity contribution >= 4 is 21.9 Å². The molecular formula is C13H11BrN2O3. The van der Waals surface area contributed by atoms with Crippen molar-refractivity contribution in [2.75, 3.05) is 0 Å². The van der Waals surface area contributed by atoms with E-state index < -0.39 is 5.97 Å². The van der Waals surface area contributed by atoms with Gasteiger partial charge in [-0.15, -0.1) is 0 Å². The Hall–Kier alpha value is -1.95. The summed E-state index contributed by atoms with van der Waals surface area (Å²) in [6.45, 7) is 2.05. The van der Waals surface area contributed by atoms with Gasteiger partial charge in [-0.1, -0.05) is 6.07 Å². The molecule has 0 aliphatic heterocycles.